The Morgan fingerprint density at radius 2 is 2.04 bits per heavy atom. The highest BCUT2D eigenvalue weighted by atomic mass is 19.4. The van der Waals surface area contributed by atoms with Crippen molar-refractivity contribution in [3.63, 3.8) is 0 Å². The van der Waals surface area contributed by atoms with Gasteiger partial charge in [-0.15, -0.1) is 0 Å². The van der Waals surface area contributed by atoms with Crippen molar-refractivity contribution in [2.75, 3.05) is 29.4 Å². The van der Waals surface area contributed by atoms with E-state index in [-0.39, 0.29) is 29.5 Å². The summed E-state index contributed by atoms with van der Waals surface area (Å²) in [6.45, 7) is 2.68. The van der Waals surface area contributed by atoms with E-state index in [9.17, 15) is 28.3 Å². The Hall–Kier alpha value is -2.54. The summed E-state index contributed by atoms with van der Waals surface area (Å²) in [5, 5.41) is 28.1. The lowest BCUT2D eigenvalue weighted by molar-refractivity contribution is -0.151. The monoisotopic (exact) mass is 396 g/mol. The minimum atomic E-state index is -4.71. The number of carboxylic acids is 1. The Bertz CT molecular complexity index is 868. The Labute approximate surface area is 159 Å². The molecule has 2 saturated heterocycles. The zero-order valence-electron chi connectivity index (χ0n) is 15.1. The molecule has 1 saturated carbocycles. The van der Waals surface area contributed by atoms with Crippen molar-refractivity contribution >= 4 is 17.6 Å². The molecule has 3 heterocycles. The fourth-order valence-corrected chi connectivity index (χ4v) is 4.44. The molecule has 10 heteroatoms. The molecule has 28 heavy (non-hydrogen) atoms. The van der Waals surface area contributed by atoms with Crippen molar-refractivity contribution < 1.29 is 28.2 Å². The van der Waals surface area contributed by atoms with Gasteiger partial charge in [-0.05, 0) is 25.8 Å². The molecule has 1 spiro atoms. The van der Waals surface area contributed by atoms with Crippen molar-refractivity contribution in [3.05, 3.63) is 17.2 Å². The quantitative estimate of drug-likeness (QED) is 0.804. The number of hydrogen-bond donors (Lipinski definition) is 2. The number of nitrogens with zero attached hydrogens (tertiary/aromatic N) is 4. The van der Waals surface area contributed by atoms with Gasteiger partial charge >= 0.3 is 12.1 Å². The summed E-state index contributed by atoms with van der Waals surface area (Å²) in [6, 6.07) is 2.09. The van der Waals surface area contributed by atoms with E-state index in [2.05, 4.69) is 4.98 Å². The first-order chi connectivity index (χ1) is 13.0. The summed E-state index contributed by atoms with van der Waals surface area (Å²) in [5.41, 5.74) is -1.75. The van der Waals surface area contributed by atoms with Gasteiger partial charge in [0.2, 0.25) is 0 Å². The molecule has 2 N–H and O–H groups in total. The average molecular weight is 396 g/mol. The minimum Gasteiger partial charge on any atom is -0.481 e. The van der Waals surface area contributed by atoms with Crippen LogP contribution in [0.4, 0.5) is 24.8 Å². The van der Waals surface area contributed by atoms with Crippen molar-refractivity contribution in [3.8, 4) is 6.07 Å². The van der Waals surface area contributed by atoms with Crippen LogP contribution in [0, 0.1) is 22.7 Å². The van der Waals surface area contributed by atoms with Crippen molar-refractivity contribution in [1.82, 2.24) is 4.98 Å². The molecule has 0 radical (unpaired) electrons. The van der Waals surface area contributed by atoms with Gasteiger partial charge in [-0.2, -0.15) is 18.4 Å². The lowest BCUT2D eigenvalue weighted by atomic mass is 9.58. The van der Waals surface area contributed by atoms with E-state index in [0.717, 1.165) is 6.07 Å². The van der Waals surface area contributed by atoms with Crippen LogP contribution >= 0.6 is 0 Å². The van der Waals surface area contributed by atoms with E-state index < -0.39 is 35.4 Å². The smallest absolute Gasteiger partial charge is 0.417 e. The summed E-state index contributed by atoms with van der Waals surface area (Å²) < 4.78 is 40.7. The maximum atomic E-state index is 13.6. The van der Waals surface area contributed by atoms with Crippen molar-refractivity contribution in [2.45, 2.75) is 38.1 Å². The number of halogens is 3. The van der Waals surface area contributed by atoms with Crippen LogP contribution in [0.2, 0.25) is 0 Å². The molecule has 3 fully saturated rings. The van der Waals surface area contributed by atoms with E-state index in [0.29, 0.717) is 25.9 Å². The second kappa shape index (κ2) is 5.98. The molecule has 0 bridgehead atoms. The van der Waals surface area contributed by atoms with Gasteiger partial charge in [0.25, 0.3) is 0 Å². The van der Waals surface area contributed by atoms with Crippen molar-refractivity contribution in [1.29, 1.82) is 5.26 Å². The summed E-state index contributed by atoms with van der Waals surface area (Å²) in [4.78, 5) is 18.5. The summed E-state index contributed by atoms with van der Waals surface area (Å²) in [5.74, 6) is -1.17. The molecule has 150 valence electrons. The average Bonchev–Trinajstić information content (AvgIpc) is 2.54. The summed E-state index contributed by atoms with van der Waals surface area (Å²) >= 11 is 0. The van der Waals surface area contributed by atoms with Gasteiger partial charge in [-0.1, -0.05) is 0 Å². The van der Waals surface area contributed by atoms with Crippen molar-refractivity contribution in [2.24, 2.45) is 11.3 Å². The number of hydrogen-bond acceptors (Lipinski definition) is 6. The number of aliphatic hydroxyl groups is 1. The minimum absolute atomic E-state index is 0.0666. The van der Waals surface area contributed by atoms with Crippen LogP contribution in [-0.2, 0) is 11.0 Å². The number of anilines is 2. The van der Waals surface area contributed by atoms with E-state index in [1.807, 2.05) is 0 Å². The largest absolute Gasteiger partial charge is 0.481 e. The van der Waals surface area contributed by atoms with Crippen LogP contribution in [0.5, 0.6) is 0 Å². The lowest BCUT2D eigenvalue weighted by Crippen LogP contribution is -2.64. The zero-order valence-corrected chi connectivity index (χ0v) is 15.1. The van der Waals surface area contributed by atoms with Crippen LogP contribution in [0.3, 0.4) is 0 Å². The molecule has 0 unspecified atom stereocenters. The van der Waals surface area contributed by atoms with Gasteiger partial charge in [0, 0.05) is 25.0 Å². The number of aliphatic hydroxyl groups excluding tert-OH is 1. The Balaban J connectivity index is 1.64. The van der Waals surface area contributed by atoms with Gasteiger partial charge in [0.15, 0.2) is 0 Å². The van der Waals surface area contributed by atoms with Gasteiger partial charge in [0.1, 0.15) is 23.3 Å². The van der Waals surface area contributed by atoms with Crippen LogP contribution in [0.1, 0.15) is 30.9 Å². The van der Waals surface area contributed by atoms with Gasteiger partial charge in [-0.3, -0.25) is 4.79 Å². The third-order valence-electron chi connectivity index (χ3n) is 6.19. The molecule has 1 aromatic rings. The number of aliphatic carboxylic acids is 1. The molecule has 3 aliphatic rings. The molecule has 4 rings (SSSR count). The Morgan fingerprint density at radius 3 is 2.50 bits per heavy atom. The molecule has 1 aromatic heterocycles. The molecule has 2 aliphatic heterocycles. The fourth-order valence-electron chi connectivity index (χ4n) is 4.44. The van der Waals surface area contributed by atoms with E-state index in [1.54, 1.807) is 17.9 Å². The molecule has 7 nitrogen and oxygen atoms in total. The number of carboxylic acid groups (broad SMARTS) is 1. The number of β-amino-alcohol motifs (C(OH)–C–C–N with tert-alkyl or cyclic N) is 1. The first kappa shape index (κ1) is 18.8. The first-order valence-corrected chi connectivity index (χ1v) is 8.99. The molecule has 0 aromatic carbocycles. The van der Waals surface area contributed by atoms with E-state index in [1.165, 1.54) is 4.90 Å². The molecule has 1 aliphatic carbocycles. The second-order valence-corrected chi connectivity index (χ2v) is 8.10. The number of rotatable bonds is 3. The predicted octanol–water partition coefficient (Wildman–Crippen LogP) is 1.84. The SMILES string of the molecule is C[C@H]1[C@H](O)CN1c1nc(N2CC3(CC(C(=O)O)C3)C2)cc(C(F)(F)F)c1C#N. The molecule has 0 amide bonds. The maximum absolute atomic E-state index is 13.6. The molecule has 2 atom stereocenters. The van der Waals surface area contributed by atoms with E-state index >= 15 is 0 Å². The number of carbonyl (C=O) groups is 1. The highest BCUT2D eigenvalue weighted by Gasteiger charge is 2.55. The fraction of sp³-hybridized carbons (Fsp3) is 0.611. The third kappa shape index (κ3) is 2.76. The predicted molar refractivity (Wildman–Crippen MR) is 91.8 cm³/mol. The van der Waals surface area contributed by atoms with Gasteiger partial charge in [-0.25, -0.2) is 4.98 Å². The maximum Gasteiger partial charge on any atom is 0.417 e. The van der Waals surface area contributed by atoms with Crippen LogP contribution in [-0.4, -0.2) is 52.9 Å². The Morgan fingerprint density at radius 1 is 1.39 bits per heavy atom. The number of alkyl halides is 3. The van der Waals surface area contributed by atoms with E-state index in [4.69, 9.17) is 5.11 Å². The summed E-state index contributed by atoms with van der Waals surface area (Å²) in [7, 11) is 0. The number of nitriles is 1. The molecular weight excluding hydrogens is 377 g/mol. The van der Waals surface area contributed by atoms with Crippen LogP contribution < -0.4 is 9.80 Å². The first-order valence-electron chi connectivity index (χ1n) is 8.99. The van der Waals surface area contributed by atoms with Gasteiger partial charge < -0.3 is 20.0 Å². The highest BCUT2D eigenvalue weighted by molar-refractivity contribution is 5.72. The lowest BCUT2D eigenvalue weighted by Gasteiger charge is -2.58. The highest BCUT2D eigenvalue weighted by Crippen LogP contribution is 2.53. The second-order valence-electron chi connectivity index (χ2n) is 8.10. The molecular formula is C18H19F3N4O3. The number of aromatic nitrogens is 1. The van der Waals surface area contributed by atoms with Crippen LogP contribution in [0.25, 0.3) is 0 Å². The zero-order chi connectivity index (χ0) is 20.4. The standard InChI is InChI=1S/C18H19F3N4O3/c1-9-13(26)6-25(9)15-11(5-22)12(18(19,20)21)2-14(23-15)24-7-17(8-24)3-10(4-17)16(27)28/h2,9-10,13,26H,3-4,6-8H2,1H3,(H,27,28)/t9-,13+/m0/s1. The van der Waals surface area contributed by atoms with Crippen LogP contribution in [0.15, 0.2) is 6.07 Å². The van der Waals surface area contributed by atoms with Gasteiger partial charge in [0.05, 0.1) is 23.6 Å². The summed E-state index contributed by atoms with van der Waals surface area (Å²) in [6.07, 6.45) is -4.36. The third-order valence-corrected chi connectivity index (χ3v) is 6.19. The normalized spacial score (nSPS) is 26.3. The number of pyridine rings is 1. The topological polar surface area (TPSA) is 101 Å². The Kier molecular flexibility index (Phi) is 4.01.